The molecular weight excluding hydrogens is 418 g/mol. The van der Waals surface area contributed by atoms with Crippen LogP contribution in [0, 0.1) is 13.8 Å². The van der Waals surface area contributed by atoms with Crippen molar-refractivity contribution >= 4 is 23.1 Å². The normalized spacial score (nSPS) is 10.6. The van der Waals surface area contributed by atoms with Gasteiger partial charge >= 0.3 is 5.97 Å². The van der Waals surface area contributed by atoms with Crippen LogP contribution in [0.3, 0.4) is 0 Å². The summed E-state index contributed by atoms with van der Waals surface area (Å²) in [4.78, 5) is 26.6. The summed E-state index contributed by atoms with van der Waals surface area (Å²) in [6.07, 6.45) is 0. The maximum Gasteiger partial charge on any atom is 0.342 e. The Morgan fingerprint density at radius 3 is 2.23 bits per heavy atom. The Hall–Kier alpha value is -3.26. The standard InChI is InChI=1S/C23H25NO6S/c1-14-9-17(15(2)24(14)12-16-7-6-8-31-16)19(25)13-30-23(26)18-10-21(28-4)22(29-5)11-20(18)27-3/h6-11H,12-13H2,1-5H3. The summed E-state index contributed by atoms with van der Waals surface area (Å²) in [7, 11) is 4.39. The van der Waals surface area contributed by atoms with Crippen LogP contribution in [0.5, 0.6) is 17.2 Å². The fourth-order valence-electron chi connectivity index (χ4n) is 3.36. The van der Waals surface area contributed by atoms with E-state index < -0.39 is 5.97 Å². The number of methoxy groups -OCH3 is 3. The molecule has 1 aromatic carbocycles. The van der Waals surface area contributed by atoms with Gasteiger partial charge in [0.2, 0.25) is 5.78 Å². The maximum atomic E-state index is 12.8. The van der Waals surface area contributed by atoms with Gasteiger partial charge in [-0.25, -0.2) is 4.79 Å². The monoisotopic (exact) mass is 443 g/mol. The van der Waals surface area contributed by atoms with Gasteiger partial charge in [-0.1, -0.05) is 6.07 Å². The minimum Gasteiger partial charge on any atom is -0.496 e. The molecule has 2 aromatic heterocycles. The SMILES string of the molecule is COc1cc(OC)c(C(=O)OCC(=O)c2cc(C)n(Cc3cccs3)c2C)cc1OC. The third-order valence-corrected chi connectivity index (χ3v) is 5.89. The number of esters is 1. The zero-order valence-corrected chi connectivity index (χ0v) is 19.0. The van der Waals surface area contributed by atoms with Gasteiger partial charge in [-0.15, -0.1) is 11.3 Å². The average molecular weight is 444 g/mol. The molecule has 0 aliphatic heterocycles. The summed E-state index contributed by atoms with van der Waals surface area (Å²) in [6, 6.07) is 8.90. The maximum absolute atomic E-state index is 12.8. The Labute approximate surface area is 185 Å². The molecule has 0 amide bonds. The highest BCUT2D eigenvalue weighted by Gasteiger charge is 2.22. The number of aromatic nitrogens is 1. The number of ketones is 1. The molecule has 0 bridgehead atoms. The fourth-order valence-corrected chi connectivity index (χ4v) is 4.05. The van der Waals surface area contributed by atoms with Crippen LogP contribution >= 0.6 is 11.3 Å². The van der Waals surface area contributed by atoms with Crippen molar-refractivity contribution in [2.24, 2.45) is 0 Å². The van der Waals surface area contributed by atoms with Gasteiger partial charge in [-0.2, -0.15) is 0 Å². The Balaban J connectivity index is 1.75. The number of aryl methyl sites for hydroxylation is 1. The van der Waals surface area contributed by atoms with Crippen LogP contribution in [-0.4, -0.2) is 44.3 Å². The molecule has 0 saturated heterocycles. The van der Waals surface area contributed by atoms with E-state index in [1.807, 2.05) is 31.4 Å². The van der Waals surface area contributed by atoms with Gasteiger partial charge < -0.3 is 23.5 Å². The molecule has 164 valence electrons. The van der Waals surface area contributed by atoms with E-state index in [9.17, 15) is 9.59 Å². The summed E-state index contributed by atoms with van der Waals surface area (Å²) in [5.41, 5.74) is 2.51. The van der Waals surface area contributed by atoms with Gasteiger partial charge in [-0.05, 0) is 31.4 Å². The van der Waals surface area contributed by atoms with Crippen molar-refractivity contribution < 1.29 is 28.5 Å². The van der Waals surface area contributed by atoms with Gasteiger partial charge in [0.05, 0.1) is 27.9 Å². The molecule has 0 saturated carbocycles. The number of hydrogen-bond donors (Lipinski definition) is 0. The quantitative estimate of drug-likeness (QED) is 0.363. The molecule has 7 nitrogen and oxygen atoms in total. The number of thiophene rings is 1. The van der Waals surface area contributed by atoms with Crippen LogP contribution < -0.4 is 14.2 Å². The second kappa shape index (κ2) is 9.70. The molecule has 0 atom stereocenters. The fraction of sp³-hybridized carbons (Fsp3) is 0.304. The second-order valence-electron chi connectivity index (χ2n) is 6.86. The van der Waals surface area contributed by atoms with Crippen LogP contribution in [-0.2, 0) is 11.3 Å². The zero-order chi connectivity index (χ0) is 22.5. The molecule has 8 heteroatoms. The first kappa shape index (κ1) is 22.4. The number of ether oxygens (including phenoxy) is 4. The van der Waals surface area contributed by atoms with E-state index in [1.165, 1.54) is 38.3 Å². The van der Waals surface area contributed by atoms with Crippen molar-refractivity contribution in [1.82, 2.24) is 4.57 Å². The van der Waals surface area contributed by atoms with Gasteiger partial charge in [0.15, 0.2) is 18.1 Å². The van der Waals surface area contributed by atoms with E-state index in [0.717, 1.165) is 11.4 Å². The van der Waals surface area contributed by atoms with Crippen LogP contribution in [0.15, 0.2) is 35.7 Å². The highest BCUT2D eigenvalue weighted by molar-refractivity contribution is 7.09. The van der Waals surface area contributed by atoms with Crippen LogP contribution in [0.1, 0.15) is 37.0 Å². The molecule has 0 spiro atoms. The zero-order valence-electron chi connectivity index (χ0n) is 18.2. The smallest absolute Gasteiger partial charge is 0.342 e. The van der Waals surface area contributed by atoms with E-state index in [2.05, 4.69) is 10.6 Å². The van der Waals surface area contributed by atoms with Crippen LogP contribution in [0.25, 0.3) is 0 Å². The molecule has 0 aliphatic carbocycles. The number of carbonyl (C=O) groups is 2. The number of Topliss-reactive ketones (excluding diaryl/α,β-unsaturated/α-hetero) is 1. The van der Waals surface area contributed by atoms with E-state index in [0.29, 0.717) is 23.6 Å². The Kier molecular flexibility index (Phi) is 7.02. The lowest BCUT2D eigenvalue weighted by Crippen LogP contribution is -2.16. The molecule has 3 rings (SSSR count). The third-order valence-electron chi connectivity index (χ3n) is 5.03. The highest BCUT2D eigenvalue weighted by atomic mass is 32.1. The van der Waals surface area contributed by atoms with Crippen molar-refractivity contribution in [3.8, 4) is 17.2 Å². The first-order valence-corrected chi connectivity index (χ1v) is 10.5. The molecule has 3 aromatic rings. The minimum atomic E-state index is -0.682. The summed E-state index contributed by atoms with van der Waals surface area (Å²) < 4.78 is 23.1. The van der Waals surface area contributed by atoms with Gasteiger partial charge in [0, 0.05) is 34.0 Å². The van der Waals surface area contributed by atoms with E-state index in [1.54, 1.807) is 11.3 Å². The Bertz CT molecular complexity index is 1080. The van der Waals surface area contributed by atoms with Gasteiger partial charge in [0.25, 0.3) is 0 Å². The second-order valence-corrected chi connectivity index (χ2v) is 7.89. The molecule has 0 radical (unpaired) electrons. The largest absolute Gasteiger partial charge is 0.496 e. The van der Waals surface area contributed by atoms with Crippen molar-refractivity contribution in [3.05, 3.63) is 63.1 Å². The number of rotatable bonds is 9. The van der Waals surface area contributed by atoms with Crippen LogP contribution in [0.2, 0.25) is 0 Å². The summed E-state index contributed by atoms with van der Waals surface area (Å²) >= 11 is 1.67. The van der Waals surface area contributed by atoms with E-state index in [-0.39, 0.29) is 23.7 Å². The lowest BCUT2D eigenvalue weighted by molar-refractivity contribution is 0.0471. The van der Waals surface area contributed by atoms with E-state index >= 15 is 0 Å². The van der Waals surface area contributed by atoms with Crippen molar-refractivity contribution in [1.29, 1.82) is 0 Å². The predicted molar refractivity (Wildman–Crippen MR) is 118 cm³/mol. The number of benzene rings is 1. The molecule has 0 unspecified atom stereocenters. The lowest BCUT2D eigenvalue weighted by Gasteiger charge is -2.13. The van der Waals surface area contributed by atoms with Crippen LogP contribution in [0.4, 0.5) is 0 Å². The number of carbonyl (C=O) groups excluding carboxylic acids is 2. The van der Waals surface area contributed by atoms with Crippen molar-refractivity contribution in [3.63, 3.8) is 0 Å². The molecule has 2 heterocycles. The van der Waals surface area contributed by atoms with Crippen molar-refractivity contribution in [2.75, 3.05) is 27.9 Å². The summed E-state index contributed by atoms with van der Waals surface area (Å²) in [5.74, 6) is 0.102. The third kappa shape index (κ3) is 4.74. The molecule has 0 fully saturated rings. The van der Waals surface area contributed by atoms with Gasteiger partial charge in [0.1, 0.15) is 11.3 Å². The first-order chi connectivity index (χ1) is 14.9. The molecule has 0 aliphatic rings. The Morgan fingerprint density at radius 1 is 0.935 bits per heavy atom. The highest BCUT2D eigenvalue weighted by Crippen LogP contribution is 2.35. The van der Waals surface area contributed by atoms with E-state index in [4.69, 9.17) is 18.9 Å². The molecular formula is C23H25NO6S. The number of nitrogens with zero attached hydrogens (tertiary/aromatic N) is 1. The predicted octanol–water partition coefficient (Wildman–Crippen LogP) is 4.28. The average Bonchev–Trinajstić information content (AvgIpc) is 3.39. The Morgan fingerprint density at radius 2 is 1.61 bits per heavy atom. The first-order valence-electron chi connectivity index (χ1n) is 9.59. The molecule has 0 N–H and O–H groups in total. The topological polar surface area (TPSA) is 76.0 Å². The van der Waals surface area contributed by atoms with Crippen molar-refractivity contribution in [2.45, 2.75) is 20.4 Å². The lowest BCUT2D eigenvalue weighted by atomic mass is 10.1. The summed E-state index contributed by atoms with van der Waals surface area (Å²) in [6.45, 7) is 4.18. The number of hydrogen-bond acceptors (Lipinski definition) is 7. The summed E-state index contributed by atoms with van der Waals surface area (Å²) in [5, 5.41) is 2.03. The van der Waals surface area contributed by atoms with Gasteiger partial charge in [-0.3, -0.25) is 4.79 Å². The molecule has 31 heavy (non-hydrogen) atoms. The minimum absolute atomic E-state index is 0.149.